The number of aliphatic hydroxyl groups excluding tert-OH is 3. The third-order valence-corrected chi connectivity index (χ3v) is 7.62. The first-order valence-corrected chi connectivity index (χ1v) is 16.5. The van der Waals surface area contributed by atoms with Gasteiger partial charge in [-0.15, -0.1) is 0 Å². The van der Waals surface area contributed by atoms with Crippen LogP contribution in [0.1, 0.15) is 168 Å². The number of carbonyl (C=O) groups excluding carboxylic acids is 1. The van der Waals surface area contributed by atoms with Crippen LogP contribution in [0.2, 0.25) is 0 Å². The van der Waals surface area contributed by atoms with E-state index >= 15 is 0 Å². The van der Waals surface area contributed by atoms with E-state index in [1.54, 1.807) is 0 Å². The van der Waals surface area contributed by atoms with Gasteiger partial charge >= 0.3 is 0 Å². The zero-order valence-corrected chi connectivity index (χ0v) is 25.3. The maximum Gasteiger partial charge on any atom is 0.220 e. The molecular weight excluding hydrogens is 474 g/mol. The Bertz CT molecular complexity index is 525. The lowest BCUT2D eigenvalue weighted by molar-refractivity contribution is -0.124. The number of rotatable bonds is 29. The number of hydrogen-bond acceptors (Lipinski definition) is 4. The third-order valence-electron chi connectivity index (χ3n) is 7.62. The highest BCUT2D eigenvalue weighted by Gasteiger charge is 2.26. The normalized spacial score (nSPS) is 14.1. The van der Waals surface area contributed by atoms with Crippen molar-refractivity contribution in [3.05, 3.63) is 12.2 Å². The van der Waals surface area contributed by atoms with Crippen LogP contribution in [0.25, 0.3) is 0 Å². The van der Waals surface area contributed by atoms with Crippen molar-refractivity contribution in [2.24, 2.45) is 0 Å². The van der Waals surface area contributed by atoms with Crippen molar-refractivity contribution in [1.29, 1.82) is 0 Å². The van der Waals surface area contributed by atoms with E-state index in [-0.39, 0.29) is 12.5 Å². The Labute approximate surface area is 236 Å². The number of aliphatic hydroxyl groups is 3. The first kappa shape index (κ1) is 37.1. The van der Waals surface area contributed by atoms with Gasteiger partial charge in [-0.2, -0.15) is 0 Å². The highest BCUT2D eigenvalue weighted by Crippen LogP contribution is 2.14. The molecule has 0 spiro atoms. The van der Waals surface area contributed by atoms with E-state index < -0.39 is 18.2 Å². The van der Waals surface area contributed by atoms with Gasteiger partial charge in [0.2, 0.25) is 5.91 Å². The van der Waals surface area contributed by atoms with Gasteiger partial charge in [-0.05, 0) is 38.5 Å². The molecule has 0 radical (unpaired) electrons. The molecular formula is C33H65NO4. The van der Waals surface area contributed by atoms with E-state index in [4.69, 9.17) is 0 Å². The van der Waals surface area contributed by atoms with Gasteiger partial charge in [-0.3, -0.25) is 4.79 Å². The molecule has 0 saturated heterocycles. The van der Waals surface area contributed by atoms with Gasteiger partial charge in [0, 0.05) is 6.42 Å². The van der Waals surface area contributed by atoms with Crippen molar-refractivity contribution in [3.63, 3.8) is 0 Å². The van der Waals surface area contributed by atoms with Crippen LogP contribution >= 0.6 is 0 Å². The van der Waals surface area contributed by atoms with Gasteiger partial charge in [-0.25, -0.2) is 0 Å². The predicted molar refractivity (Wildman–Crippen MR) is 162 cm³/mol. The molecule has 0 bridgehead atoms. The fraction of sp³-hybridized carbons (Fsp3) is 0.909. The average molecular weight is 540 g/mol. The highest BCUT2D eigenvalue weighted by molar-refractivity contribution is 5.76. The first-order chi connectivity index (χ1) is 18.6. The van der Waals surface area contributed by atoms with Gasteiger partial charge in [0.05, 0.1) is 18.8 Å². The van der Waals surface area contributed by atoms with E-state index in [1.807, 2.05) is 0 Å². The van der Waals surface area contributed by atoms with Crippen molar-refractivity contribution >= 4 is 5.91 Å². The van der Waals surface area contributed by atoms with Crippen LogP contribution in [0.4, 0.5) is 0 Å². The molecule has 0 aromatic rings. The summed E-state index contributed by atoms with van der Waals surface area (Å²) in [6.45, 7) is 4.12. The Morgan fingerprint density at radius 2 is 1.05 bits per heavy atom. The van der Waals surface area contributed by atoms with E-state index in [1.165, 1.54) is 103 Å². The molecule has 0 saturated carbocycles. The summed E-state index contributed by atoms with van der Waals surface area (Å²) in [4.78, 5) is 12.3. The minimum atomic E-state index is -1.15. The molecule has 5 heteroatoms. The van der Waals surface area contributed by atoms with Crippen LogP contribution in [0.15, 0.2) is 12.2 Å². The van der Waals surface area contributed by atoms with Crippen molar-refractivity contribution < 1.29 is 20.1 Å². The molecule has 1 amide bonds. The molecule has 5 nitrogen and oxygen atoms in total. The summed E-state index contributed by atoms with van der Waals surface area (Å²) in [6.07, 6.45) is 30.1. The molecule has 0 fully saturated rings. The largest absolute Gasteiger partial charge is 0.394 e. The number of nitrogens with one attached hydrogen (secondary N) is 1. The van der Waals surface area contributed by atoms with Crippen LogP contribution < -0.4 is 5.32 Å². The Morgan fingerprint density at radius 1 is 0.632 bits per heavy atom. The molecule has 226 valence electrons. The zero-order chi connectivity index (χ0) is 28.1. The summed E-state index contributed by atoms with van der Waals surface area (Å²) in [6, 6.07) is -0.817. The minimum Gasteiger partial charge on any atom is -0.394 e. The summed E-state index contributed by atoms with van der Waals surface area (Å²) in [5, 5.41) is 33.1. The smallest absolute Gasteiger partial charge is 0.220 e. The molecule has 0 aromatic carbocycles. The fourth-order valence-corrected chi connectivity index (χ4v) is 4.98. The van der Waals surface area contributed by atoms with Gasteiger partial charge in [0.15, 0.2) is 0 Å². The maximum absolute atomic E-state index is 12.3. The van der Waals surface area contributed by atoms with E-state index in [9.17, 15) is 20.1 Å². The standard InChI is InChI=1S/C33H65NO4/c1-3-5-7-9-11-13-15-16-18-20-22-24-26-28-32(37)34-30(29-35)33(38)31(36)27-25-23-21-19-17-14-12-10-8-6-4-2/h19,21,30-31,33,35-36,38H,3-18,20,22-29H2,1-2H3,(H,34,37)/b21-19+. The molecule has 0 heterocycles. The summed E-state index contributed by atoms with van der Waals surface area (Å²) in [5.74, 6) is -0.156. The second-order valence-corrected chi connectivity index (χ2v) is 11.4. The molecule has 0 rings (SSSR count). The molecule has 0 aliphatic heterocycles. The number of allylic oxidation sites excluding steroid dienone is 2. The molecule has 3 unspecified atom stereocenters. The van der Waals surface area contributed by atoms with Gasteiger partial charge in [-0.1, -0.05) is 135 Å². The molecule has 4 N–H and O–H groups in total. The second kappa shape index (κ2) is 29.1. The lowest BCUT2D eigenvalue weighted by atomic mass is 10.0. The van der Waals surface area contributed by atoms with Crippen LogP contribution in [0.3, 0.4) is 0 Å². The Balaban J connectivity index is 3.77. The number of carbonyl (C=O) groups is 1. The van der Waals surface area contributed by atoms with Crippen molar-refractivity contribution in [1.82, 2.24) is 5.32 Å². The van der Waals surface area contributed by atoms with Gasteiger partial charge in [0.25, 0.3) is 0 Å². The topological polar surface area (TPSA) is 89.8 Å². The zero-order valence-electron chi connectivity index (χ0n) is 25.3. The minimum absolute atomic E-state index is 0.156. The fourth-order valence-electron chi connectivity index (χ4n) is 4.98. The Kier molecular flexibility index (Phi) is 28.4. The molecule has 3 atom stereocenters. The van der Waals surface area contributed by atoms with Crippen molar-refractivity contribution in [3.8, 4) is 0 Å². The molecule has 0 aromatic heterocycles. The van der Waals surface area contributed by atoms with Crippen LogP contribution in [0, 0.1) is 0 Å². The van der Waals surface area contributed by atoms with Crippen LogP contribution in [0.5, 0.6) is 0 Å². The third kappa shape index (κ3) is 24.2. The number of hydrogen-bond donors (Lipinski definition) is 4. The number of amides is 1. The SMILES string of the molecule is CCCCCCCC/C=C/CCCC(O)C(O)C(CO)NC(=O)CCCCCCCCCCCCCCC. The van der Waals surface area contributed by atoms with Gasteiger partial charge in [0.1, 0.15) is 6.10 Å². The molecule has 0 aliphatic rings. The summed E-state index contributed by atoms with van der Waals surface area (Å²) in [7, 11) is 0. The lowest BCUT2D eigenvalue weighted by Crippen LogP contribution is -2.50. The number of unbranched alkanes of at least 4 members (excludes halogenated alkanes) is 19. The second-order valence-electron chi connectivity index (χ2n) is 11.4. The predicted octanol–water partition coefficient (Wildman–Crippen LogP) is 8.14. The lowest BCUT2D eigenvalue weighted by Gasteiger charge is -2.26. The van der Waals surface area contributed by atoms with Crippen molar-refractivity contribution in [2.75, 3.05) is 6.61 Å². The van der Waals surface area contributed by atoms with E-state index in [2.05, 4.69) is 31.3 Å². The Hall–Kier alpha value is -0.910. The monoisotopic (exact) mass is 539 g/mol. The average Bonchev–Trinajstić information content (AvgIpc) is 2.92. The van der Waals surface area contributed by atoms with Crippen molar-refractivity contribution in [2.45, 2.75) is 186 Å². The van der Waals surface area contributed by atoms with Crippen LogP contribution in [-0.2, 0) is 4.79 Å². The summed E-state index contributed by atoms with van der Waals surface area (Å²) in [5.41, 5.74) is 0. The van der Waals surface area contributed by atoms with Gasteiger partial charge < -0.3 is 20.6 Å². The highest BCUT2D eigenvalue weighted by atomic mass is 16.3. The first-order valence-electron chi connectivity index (χ1n) is 16.5. The summed E-state index contributed by atoms with van der Waals surface area (Å²) < 4.78 is 0. The van der Waals surface area contributed by atoms with E-state index in [0.29, 0.717) is 12.8 Å². The van der Waals surface area contributed by atoms with Crippen LogP contribution in [-0.4, -0.2) is 46.1 Å². The molecule has 38 heavy (non-hydrogen) atoms. The quantitative estimate of drug-likeness (QED) is 0.0570. The summed E-state index contributed by atoms with van der Waals surface area (Å²) >= 11 is 0. The molecule has 0 aliphatic carbocycles. The Morgan fingerprint density at radius 3 is 1.53 bits per heavy atom. The maximum atomic E-state index is 12.3. The van der Waals surface area contributed by atoms with E-state index in [0.717, 1.165) is 38.5 Å².